The second-order valence-electron chi connectivity index (χ2n) is 6.31. The van der Waals surface area contributed by atoms with Gasteiger partial charge < -0.3 is 9.84 Å². The van der Waals surface area contributed by atoms with Crippen LogP contribution in [0.2, 0.25) is 0 Å². The Labute approximate surface area is 114 Å². The molecule has 3 rings (SSSR count). The Morgan fingerprint density at radius 3 is 2.95 bits per heavy atom. The van der Waals surface area contributed by atoms with E-state index in [0.29, 0.717) is 32.2 Å². The lowest BCUT2D eigenvalue weighted by molar-refractivity contribution is -0.150. The maximum atomic E-state index is 11.6. The van der Waals surface area contributed by atoms with Gasteiger partial charge in [-0.2, -0.15) is 0 Å². The van der Waals surface area contributed by atoms with Crippen molar-refractivity contribution in [2.24, 2.45) is 5.41 Å². The van der Waals surface area contributed by atoms with Gasteiger partial charge in [0.15, 0.2) is 0 Å². The molecule has 3 saturated heterocycles. The molecule has 0 aromatic carbocycles. The van der Waals surface area contributed by atoms with Crippen LogP contribution in [0.25, 0.3) is 0 Å². The van der Waals surface area contributed by atoms with Crippen molar-refractivity contribution in [1.29, 1.82) is 0 Å². The monoisotopic (exact) mass is 268 g/mol. The van der Waals surface area contributed by atoms with Crippen molar-refractivity contribution in [2.45, 2.75) is 31.7 Å². The van der Waals surface area contributed by atoms with Gasteiger partial charge in [0.1, 0.15) is 5.41 Å². The molecule has 3 heterocycles. The molecule has 0 saturated carbocycles. The topological polar surface area (TPSA) is 53.0 Å². The van der Waals surface area contributed by atoms with Crippen molar-refractivity contribution in [3.8, 4) is 0 Å². The Morgan fingerprint density at radius 1 is 1.32 bits per heavy atom. The van der Waals surface area contributed by atoms with E-state index in [0.717, 1.165) is 19.6 Å². The third-order valence-corrected chi connectivity index (χ3v) is 5.00. The minimum absolute atomic E-state index is 0.382. The molecule has 3 aliphatic rings. The minimum Gasteiger partial charge on any atom is -0.481 e. The summed E-state index contributed by atoms with van der Waals surface area (Å²) in [5.74, 6) is -0.684. The molecule has 0 aromatic heterocycles. The molecule has 0 aromatic rings. The first kappa shape index (κ1) is 13.3. The Morgan fingerprint density at radius 2 is 2.21 bits per heavy atom. The molecule has 0 aliphatic carbocycles. The quantitative estimate of drug-likeness (QED) is 0.814. The van der Waals surface area contributed by atoms with Crippen LogP contribution in [0.5, 0.6) is 0 Å². The first-order valence-electron chi connectivity index (χ1n) is 7.47. The van der Waals surface area contributed by atoms with Gasteiger partial charge in [0.05, 0.1) is 6.61 Å². The van der Waals surface area contributed by atoms with E-state index in [1.165, 1.54) is 25.8 Å². The molecule has 3 aliphatic heterocycles. The summed E-state index contributed by atoms with van der Waals surface area (Å²) in [5, 5.41) is 9.51. The zero-order valence-electron chi connectivity index (χ0n) is 11.5. The van der Waals surface area contributed by atoms with Crippen LogP contribution >= 0.6 is 0 Å². The number of hydrogen-bond acceptors (Lipinski definition) is 4. The van der Waals surface area contributed by atoms with Crippen molar-refractivity contribution in [2.75, 3.05) is 45.9 Å². The number of nitrogens with zero attached hydrogens (tertiary/aromatic N) is 2. The molecule has 0 spiro atoms. The average molecular weight is 268 g/mol. The van der Waals surface area contributed by atoms with Gasteiger partial charge in [0.25, 0.3) is 0 Å². The van der Waals surface area contributed by atoms with Crippen molar-refractivity contribution in [3.63, 3.8) is 0 Å². The summed E-state index contributed by atoms with van der Waals surface area (Å²) in [6.07, 6.45) is 4.58. The van der Waals surface area contributed by atoms with Gasteiger partial charge in [-0.3, -0.25) is 14.6 Å². The second-order valence-corrected chi connectivity index (χ2v) is 6.31. The number of fused-ring (bicyclic) bond motifs is 1. The number of hydrogen-bond donors (Lipinski definition) is 1. The standard InChI is InChI=1S/C14H24N2O3/c17-13(18)14(4-8-19-11-14)10-15-6-7-16-5-2-1-3-12(16)9-15/h12H,1-11H2,(H,17,18). The molecule has 2 atom stereocenters. The van der Waals surface area contributed by atoms with E-state index in [1.54, 1.807) is 0 Å². The van der Waals surface area contributed by atoms with Crippen LogP contribution in [0, 0.1) is 5.41 Å². The molecule has 3 fully saturated rings. The van der Waals surface area contributed by atoms with E-state index in [9.17, 15) is 9.90 Å². The number of carboxylic acid groups (broad SMARTS) is 1. The van der Waals surface area contributed by atoms with Gasteiger partial charge in [-0.15, -0.1) is 0 Å². The molecule has 0 radical (unpaired) electrons. The summed E-state index contributed by atoms with van der Waals surface area (Å²) in [6, 6.07) is 0.649. The molecular weight excluding hydrogens is 244 g/mol. The average Bonchev–Trinajstić information content (AvgIpc) is 2.88. The molecule has 5 nitrogen and oxygen atoms in total. The molecule has 1 N–H and O–H groups in total. The summed E-state index contributed by atoms with van der Waals surface area (Å²) in [4.78, 5) is 16.5. The third-order valence-electron chi connectivity index (χ3n) is 5.00. The van der Waals surface area contributed by atoms with E-state index in [4.69, 9.17) is 4.74 Å². The number of rotatable bonds is 3. The lowest BCUT2D eigenvalue weighted by Gasteiger charge is -2.45. The summed E-state index contributed by atoms with van der Waals surface area (Å²) < 4.78 is 5.35. The van der Waals surface area contributed by atoms with Gasteiger partial charge in [0, 0.05) is 38.8 Å². The predicted octanol–water partition coefficient (Wildman–Crippen LogP) is 0.648. The SMILES string of the molecule is O=C(O)C1(CN2CCN3CCCCC3C2)CCOC1. The summed E-state index contributed by atoms with van der Waals surface area (Å²) in [7, 11) is 0. The number of aliphatic carboxylic acids is 1. The fraction of sp³-hybridized carbons (Fsp3) is 0.929. The Hall–Kier alpha value is -0.650. The van der Waals surface area contributed by atoms with Gasteiger partial charge in [0.2, 0.25) is 0 Å². The van der Waals surface area contributed by atoms with Crippen LogP contribution in [-0.4, -0.2) is 72.9 Å². The highest BCUT2D eigenvalue weighted by Gasteiger charge is 2.44. The van der Waals surface area contributed by atoms with Crippen LogP contribution in [0.15, 0.2) is 0 Å². The largest absolute Gasteiger partial charge is 0.481 e. The summed E-state index contributed by atoms with van der Waals surface area (Å²) in [6.45, 7) is 6.00. The summed E-state index contributed by atoms with van der Waals surface area (Å²) in [5.41, 5.74) is -0.656. The van der Waals surface area contributed by atoms with E-state index in [-0.39, 0.29) is 0 Å². The van der Waals surface area contributed by atoms with Crippen LogP contribution in [0.1, 0.15) is 25.7 Å². The Balaban J connectivity index is 1.62. The van der Waals surface area contributed by atoms with Crippen molar-refractivity contribution < 1.29 is 14.6 Å². The van der Waals surface area contributed by atoms with E-state index >= 15 is 0 Å². The van der Waals surface area contributed by atoms with Crippen molar-refractivity contribution >= 4 is 5.97 Å². The van der Waals surface area contributed by atoms with Crippen LogP contribution in [0.4, 0.5) is 0 Å². The highest BCUT2D eigenvalue weighted by Crippen LogP contribution is 2.31. The number of piperazine rings is 1. The maximum absolute atomic E-state index is 11.6. The predicted molar refractivity (Wildman–Crippen MR) is 71.2 cm³/mol. The smallest absolute Gasteiger partial charge is 0.313 e. The lowest BCUT2D eigenvalue weighted by Crippen LogP contribution is -2.57. The van der Waals surface area contributed by atoms with Crippen LogP contribution < -0.4 is 0 Å². The molecule has 2 unspecified atom stereocenters. The van der Waals surface area contributed by atoms with Crippen molar-refractivity contribution in [1.82, 2.24) is 9.80 Å². The molecular formula is C14H24N2O3. The fourth-order valence-electron chi connectivity index (χ4n) is 3.76. The van der Waals surface area contributed by atoms with Crippen LogP contribution in [-0.2, 0) is 9.53 Å². The second kappa shape index (κ2) is 5.38. The highest BCUT2D eigenvalue weighted by atomic mass is 16.5. The molecule has 19 heavy (non-hydrogen) atoms. The number of carboxylic acids is 1. The number of piperidine rings is 1. The van der Waals surface area contributed by atoms with Crippen LogP contribution in [0.3, 0.4) is 0 Å². The zero-order chi connectivity index (χ0) is 13.3. The zero-order valence-corrected chi connectivity index (χ0v) is 11.5. The fourth-order valence-corrected chi connectivity index (χ4v) is 3.76. The molecule has 0 bridgehead atoms. The third kappa shape index (κ3) is 2.64. The highest BCUT2D eigenvalue weighted by molar-refractivity contribution is 5.75. The van der Waals surface area contributed by atoms with E-state index < -0.39 is 11.4 Å². The molecule has 0 amide bonds. The van der Waals surface area contributed by atoms with E-state index in [2.05, 4.69) is 9.80 Å². The van der Waals surface area contributed by atoms with Gasteiger partial charge in [-0.05, 0) is 25.8 Å². The Bertz CT molecular complexity index is 342. The molecule has 5 heteroatoms. The van der Waals surface area contributed by atoms with Gasteiger partial charge >= 0.3 is 5.97 Å². The lowest BCUT2D eigenvalue weighted by atomic mass is 9.86. The summed E-state index contributed by atoms with van der Waals surface area (Å²) >= 11 is 0. The first-order valence-corrected chi connectivity index (χ1v) is 7.47. The first-order chi connectivity index (χ1) is 9.20. The number of carbonyl (C=O) groups is 1. The van der Waals surface area contributed by atoms with Gasteiger partial charge in [-0.25, -0.2) is 0 Å². The normalized spacial score (nSPS) is 37.2. The van der Waals surface area contributed by atoms with Crippen molar-refractivity contribution in [3.05, 3.63) is 0 Å². The minimum atomic E-state index is -0.684. The molecule has 108 valence electrons. The van der Waals surface area contributed by atoms with E-state index in [1.807, 2.05) is 0 Å². The van der Waals surface area contributed by atoms with Gasteiger partial charge in [-0.1, -0.05) is 6.42 Å². The Kier molecular flexibility index (Phi) is 3.78. The maximum Gasteiger partial charge on any atom is 0.313 e. The number of ether oxygens (including phenoxy) is 1.